The smallest absolute Gasteiger partial charge is 0.242 e. The van der Waals surface area contributed by atoms with E-state index >= 15 is 0 Å². The number of carbonyl (C=O) groups is 2. The highest BCUT2D eigenvalue weighted by atomic mass is 16.2. The number of hydrogen-bond acceptors (Lipinski definition) is 7. The van der Waals surface area contributed by atoms with E-state index in [0.717, 1.165) is 55.1 Å². The average Bonchev–Trinajstić information content (AvgIpc) is 2.75. The van der Waals surface area contributed by atoms with Gasteiger partial charge in [-0.1, -0.05) is 12.1 Å². The molecule has 2 amide bonds. The fraction of sp³-hybridized carbons (Fsp3) is 0.545. The van der Waals surface area contributed by atoms with Gasteiger partial charge in [-0.2, -0.15) is 0 Å². The summed E-state index contributed by atoms with van der Waals surface area (Å²) >= 11 is 0. The molecule has 31 heavy (non-hydrogen) atoms. The van der Waals surface area contributed by atoms with Gasteiger partial charge < -0.3 is 20.4 Å². The van der Waals surface area contributed by atoms with E-state index in [-0.39, 0.29) is 18.4 Å². The molecule has 1 aliphatic rings. The number of carbonyl (C=O) groups excluding carboxylic acids is 2. The van der Waals surface area contributed by atoms with Crippen LogP contribution in [0.15, 0.2) is 24.3 Å². The van der Waals surface area contributed by atoms with Crippen LogP contribution in [0.1, 0.15) is 19.2 Å². The van der Waals surface area contributed by atoms with Crippen LogP contribution in [0.3, 0.4) is 0 Å². The zero-order chi connectivity index (χ0) is 22.2. The molecule has 0 atom stereocenters. The standard InChI is InChI=1S/C22H33N7O2/c1-17(30)24-15-21(31)29-13-11-28(12-14-29)16-20-25-19-8-5-4-7-18(19)22(26-20)23-9-6-10-27(2)3/h4-5,7-8H,6,9-16H2,1-3H3,(H,24,30)(H,23,25,26). The number of benzene rings is 1. The fourth-order valence-electron chi connectivity index (χ4n) is 3.60. The van der Waals surface area contributed by atoms with Crippen molar-refractivity contribution in [3.8, 4) is 0 Å². The van der Waals surface area contributed by atoms with E-state index in [4.69, 9.17) is 9.97 Å². The van der Waals surface area contributed by atoms with Gasteiger partial charge in [-0.25, -0.2) is 9.97 Å². The minimum atomic E-state index is -0.188. The number of anilines is 1. The third-order valence-electron chi connectivity index (χ3n) is 5.30. The monoisotopic (exact) mass is 427 g/mol. The second-order valence-electron chi connectivity index (χ2n) is 8.16. The van der Waals surface area contributed by atoms with E-state index in [2.05, 4.69) is 34.5 Å². The minimum Gasteiger partial charge on any atom is -0.369 e. The SMILES string of the molecule is CC(=O)NCC(=O)N1CCN(Cc2nc(NCCCN(C)C)c3ccccc3n2)CC1. The van der Waals surface area contributed by atoms with Crippen LogP contribution in [-0.2, 0) is 16.1 Å². The predicted octanol–water partition coefficient (Wildman–Crippen LogP) is 0.774. The Morgan fingerprint density at radius 1 is 1.10 bits per heavy atom. The van der Waals surface area contributed by atoms with Gasteiger partial charge in [0.1, 0.15) is 11.6 Å². The third kappa shape index (κ3) is 6.86. The molecule has 3 rings (SSSR count). The number of fused-ring (bicyclic) bond motifs is 1. The lowest BCUT2D eigenvalue weighted by molar-refractivity contribution is -0.134. The normalized spacial score (nSPS) is 14.8. The molecule has 2 aromatic rings. The topological polar surface area (TPSA) is 93.7 Å². The molecule has 0 spiro atoms. The van der Waals surface area contributed by atoms with Gasteiger partial charge in [0.05, 0.1) is 18.6 Å². The van der Waals surface area contributed by atoms with Gasteiger partial charge in [-0.05, 0) is 39.2 Å². The summed E-state index contributed by atoms with van der Waals surface area (Å²) in [7, 11) is 4.15. The van der Waals surface area contributed by atoms with Crippen LogP contribution in [0, 0.1) is 0 Å². The summed E-state index contributed by atoms with van der Waals surface area (Å²) in [6.07, 6.45) is 1.04. The maximum absolute atomic E-state index is 12.2. The van der Waals surface area contributed by atoms with Crippen molar-refractivity contribution in [1.29, 1.82) is 0 Å². The number of para-hydroxylation sites is 1. The fourth-order valence-corrected chi connectivity index (χ4v) is 3.60. The molecule has 1 aliphatic heterocycles. The lowest BCUT2D eigenvalue weighted by Gasteiger charge is -2.34. The molecule has 9 heteroatoms. The number of hydrogen-bond donors (Lipinski definition) is 2. The molecule has 0 radical (unpaired) electrons. The Balaban J connectivity index is 1.60. The summed E-state index contributed by atoms with van der Waals surface area (Å²) in [6, 6.07) is 8.07. The first kappa shape index (κ1) is 22.9. The van der Waals surface area contributed by atoms with Gasteiger partial charge in [-0.3, -0.25) is 14.5 Å². The lowest BCUT2D eigenvalue weighted by Crippen LogP contribution is -2.50. The maximum atomic E-state index is 12.2. The number of piperazine rings is 1. The molecule has 0 bridgehead atoms. The first-order valence-electron chi connectivity index (χ1n) is 10.8. The minimum absolute atomic E-state index is 0.0407. The Morgan fingerprint density at radius 2 is 1.84 bits per heavy atom. The first-order valence-corrected chi connectivity index (χ1v) is 10.8. The van der Waals surface area contributed by atoms with Gasteiger partial charge in [0.15, 0.2) is 0 Å². The molecule has 1 aromatic heterocycles. The van der Waals surface area contributed by atoms with Crippen LogP contribution in [0.5, 0.6) is 0 Å². The number of rotatable bonds is 9. The van der Waals surface area contributed by atoms with Gasteiger partial charge in [0, 0.05) is 45.0 Å². The second-order valence-corrected chi connectivity index (χ2v) is 8.16. The quantitative estimate of drug-likeness (QED) is 0.571. The van der Waals surface area contributed by atoms with Crippen molar-refractivity contribution in [3.05, 3.63) is 30.1 Å². The molecule has 0 aliphatic carbocycles. The molecule has 2 N–H and O–H groups in total. The van der Waals surface area contributed by atoms with Crippen LogP contribution >= 0.6 is 0 Å². The van der Waals surface area contributed by atoms with Crippen molar-refractivity contribution in [2.75, 3.05) is 65.2 Å². The van der Waals surface area contributed by atoms with Crippen molar-refractivity contribution in [3.63, 3.8) is 0 Å². The molecule has 1 fully saturated rings. The van der Waals surface area contributed by atoms with Gasteiger partial charge in [0.25, 0.3) is 0 Å². The molecule has 1 saturated heterocycles. The van der Waals surface area contributed by atoms with E-state index in [1.165, 1.54) is 6.92 Å². The van der Waals surface area contributed by atoms with Gasteiger partial charge >= 0.3 is 0 Å². The van der Waals surface area contributed by atoms with Gasteiger partial charge in [0.2, 0.25) is 11.8 Å². The zero-order valence-electron chi connectivity index (χ0n) is 18.7. The molecule has 1 aromatic carbocycles. The number of aromatic nitrogens is 2. The average molecular weight is 428 g/mol. The highest BCUT2D eigenvalue weighted by Crippen LogP contribution is 2.21. The Bertz CT molecular complexity index is 895. The van der Waals surface area contributed by atoms with Crippen molar-refractivity contribution in [2.24, 2.45) is 0 Å². The lowest BCUT2D eigenvalue weighted by atomic mass is 10.2. The van der Waals surface area contributed by atoms with Crippen LogP contribution < -0.4 is 10.6 Å². The Labute approximate surface area is 183 Å². The molecular weight excluding hydrogens is 394 g/mol. The van der Waals surface area contributed by atoms with Crippen LogP contribution in [0.4, 0.5) is 5.82 Å². The van der Waals surface area contributed by atoms with Crippen molar-refractivity contribution in [1.82, 2.24) is 30.0 Å². The number of amides is 2. The Kier molecular flexibility index (Phi) is 8.13. The molecular formula is C22H33N7O2. The Morgan fingerprint density at radius 3 is 2.55 bits per heavy atom. The molecule has 168 valence electrons. The Hall–Kier alpha value is -2.78. The molecule has 9 nitrogen and oxygen atoms in total. The molecule has 2 heterocycles. The molecule has 0 unspecified atom stereocenters. The summed E-state index contributed by atoms with van der Waals surface area (Å²) in [6.45, 7) is 6.79. The van der Waals surface area contributed by atoms with Crippen molar-refractivity contribution in [2.45, 2.75) is 19.9 Å². The van der Waals surface area contributed by atoms with Crippen LogP contribution in [-0.4, -0.2) is 96.4 Å². The van der Waals surface area contributed by atoms with E-state index < -0.39 is 0 Å². The van der Waals surface area contributed by atoms with Crippen LogP contribution in [0.2, 0.25) is 0 Å². The van der Waals surface area contributed by atoms with Crippen molar-refractivity contribution < 1.29 is 9.59 Å². The second kappa shape index (κ2) is 11.0. The number of nitrogens with zero attached hydrogens (tertiary/aromatic N) is 5. The number of nitrogens with one attached hydrogen (secondary N) is 2. The van der Waals surface area contributed by atoms with Crippen molar-refractivity contribution >= 4 is 28.5 Å². The first-order chi connectivity index (χ1) is 14.9. The van der Waals surface area contributed by atoms with Crippen LogP contribution in [0.25, 0.3) is 10.9 Å². The third-order valence-corrected chi connectivity index (χ3v) is 5.30. The predicted molar refractivity (Wildman–Crippen MR) is 122 cm³/mol. The summed E-state index contributed by atoms with van der Waals surface area (Å²) in [5.41, 5.74) is 0.937. The summed E-state index contributed by atoms with van der Waals surface area (Å²) in [5, 5.41) is 7.08. The summed E-state index contributed by atoms with van der Waals surface area (Å²) < 4.78 is 0. The largest absolute Gasteiger partial charge is 0.369 e. The molecule has 0 saturated carbocycles. The zero-order valence-corrected chi connectivity index (χ0v) is 18.7. The highest BCUT2D eigenvalue weighted by molar-refractivity contribution is 5.89. The van der Waals surface area contributed by atoms with E-state index in [1.807, 2.05) is 24.3 Å². The highest BCUT2D eigenvalue weighted by Gasteiger charge is 2.22. The summed E-state index contributed by atoms with van der Waals surface area (Å²) in [5.74, 6) is 1.43. The van der Waals surface area contributed by atoms with Gasteiger partial charge in [-0.15, -0.1) is 0 Å². The summed E-state index contributed by atoms with van der Waals surface area (Å²) in [4.78, 5) is 39.0. The van der Waals surface area contributed by atoms with E-state index in [9.17, 15) is 9.59 Å². The maximum Gasteiger partial charge on any atom is 0.242 e. The van der Waals surface area contributed by atoms with E-state index in [1.54, 1.807) is 4.90 Å². The van der Waals surface area contributed by atoms with E-state index in [0.29, 0.717) is 19.6 Å².